The average molecular weight is 342 g/mol. The molecule has 1 aliphatic heterocycles. The van der Waals surface area contributed by atoms with Crippen LogP contribution in [-0.2, 0) is 17.8 Å². The molecule has 2 aromatic heterocycles. The Labute approximate surface area is 148 Å². The molecule has 3 heterocycles. The lowest BCUT2D eigenvalue weighted by molar-refractivity contribution is -0.132. The zero-order chi connectivity index (χ0) is 17.8. The average Bonchev–Trinajstić information content (AvgIpc) is 3.29. The van der Waals surface area contributed by atoms with Crippen LogP contribution in [0.2, 0.25) is 0 Å². The number of aromatic nitrogens is 2. The first-order valence-electron chi connectivity index (χ1n) is 8.93. The summed E-state index contributed by atoms with van der Waals surface area (Å²) in [5, 5.41) is 0. The third-order valence-corrected chi connectivity index (χ3v) is 5.01. The number of carbonyl (C=O) groups is 1. The monoisotopic (exact) mass is 342 g/mol. The Morgan fingerprint density at radius 1 is 1.48 bits per heavy atom. The summed E-state index contributed by atoms with van der Waals surface area (Å²) in [5.41, 5.74) is 1.21. The first kappa shape index (κ1) is 17.6. The van der Waals surface area contributed by atoms with Gasteiger partial charge in [-0.05, 0) is 25.0 Å². The molecule has 6 nitrogen and oxygen atoms in total. The fraction of sp³-hybridized carbons (Fsp3) is 0.526. The number of aryl methyl sites for hydroxylation is 1. The van der Waals surface area contributed by atoms with Gasteiger partial charge in [0.05, 0.1) is 12.7 Å². The highest BCUT2D eigenvalue weighted by Crippen LogP contribution is 2.27. The molecule has 0 aliphatic carbocycles. The van der Waals surface area contributed by atoms with E-state index in [9.17, 15) is 4.79 Å². The van der Waals surface area contributed by atoms with Crippen molar-refractivity contribution in [1.82, 2.24) is 19.8 Å². The minimum atomic E-state index is 0.0668. The molecule has 1 saturated heterocycles. The van der Waals surface area contributed by atoms with Crippen LogP contribution >= 0.6 is 0 Å². The quantitative estimate of drug-likeness (QED) is 0.808. The highest BCUT2D eigenvalue weighted by Gasteiger charge is 2.32. The van der Waals surface area contributed by atoms with Crippen LogP contribution < -0.4 is 0 Å². The molecule has 6 heteroatoms. The van der Waals surface area contributed by atoms with Gasteiger partial charge in [-0.2, -0.15) is 0 Å². The van der Waals surface area contributed by atoms with Gasteiger partial charge in [-0.25, -0.2) is 4.98 Å². The van der Waals surface area contributed by atoms with Gasteiger partial charge in [0, 0.05) is 50.9 Å². The second kappa shape index (κ2) is 7.78. The number of nitrogens with zero attached hydrogens (tertiary/aromatic N) is 4. The molecule has 3 rings (SSSR count). The SMILES string of the molecule is CCc1cnc(CN(C(C)=O)[C@@H]2CCN([C@@H](C)c3cccnc3)C2)o1. The van der Waals surface area contributed by atoms with Crippen molar-refractivity contribution in [3.63, 3.8) is 0 Å². The summed E-state index contributed by atoms with van der Waals surface area (Å²) in [4.78, 5) is 25.0. The fourth-order valence-electron chi connectivity index (χ4n) is 3.44. The number of hydrogen-bond acceptors (Lipinski definition) is 5. The molecule has 0 radical (unpaired) electrons. The van der Waals surface area contributed by atoms with Crippen molar-refractivity contribution in [2.75, 3.05) is 13.1 Å². The molecule has 2 atom stereocenters. The van der Waals surface area contributed by atoms with Crippen molar-refractivity contribution in [3.8, 4) is 0 Å². The maximum absolute atomic E-state index is 12.2. The number of hydrogen-bond donors (Lipinski definition) is 0. The Morgan fingerprint density at radius 3 is 2.96 bits per heavy atom. The normalized spacial score (nSPS) is 19.1. The maximum atomic E-state index is 12.2. The van der Waals surface area contributed by atoms with Gasteiger partial charge < -0.3 is 9.32 Å². The third kappa shape index (κ3) is 4.07. The van der Waals surface area contributed by atoms with Crippen LogP contribution in [-0.4, -0.2) is 44.8 Å². The van der Waals surface area contributed by atoms with Gasteiger partial charge in [0.1, 0.15) is 5.76 Å². The maximum Gasteiger partial charge on any atom is 0.220 e. The Bertz CT molecular complexity index is 700. The first-order valence-corrected chi connectivity index (χ1v) is 8.93. The summed E-state index contributed by atoms with van der Waals surface area (Å²) in [6, 6.07) is 4.55. The largest absolute Gasteiger partial charge is 0.444 e. The highest BCUT2D eigenvalue weighted by atomic mass is 16.4. The van der Waals surface area contributed by atoms with Gasteiger partial charge in [0.25, 0.3) is 0 Å². The molecule has 0 aromatic carbocycles. The summed E-state index contributed by atoms with van der Waals surface area (Å²) in [7, 11) is 0. The molecule has 1 amide bonds. The Kier molecular flexibility index (Phi) is 5.48. The molecule has 2 aromatic rings. The lowest BCUT2D eigenvalue weighted by Crippen LogP contribution is -2.40. The van der Waals surface area contributed by atoms with Gasteiger partial charge in [0.2, 0.25) is 11.8 Å². The van der Waals surface area contributed by atoms with E-state index in [-0.39, 0.29) is 11.9 Å². The lowest BCUT2D eigenvalue weighted by atomic mass is 10.1. The first-order chi connectivity index (χ1) is 12.1. The zero-order valence-electron chi connectivity index (χ0n) is 15.2. The molecule has 134 valence electrons. The predicted octanol–water partition coefficient (Wildman–Crippen LogP) is 2.82. The standard InChI is InChI=1S/C19H26N4O2/c1-4-18-11-21-19(25-18)13-23(15(3)24)17-7-9-22(12-17)14(2)16-6-5-8-20-10-16/h5-6,8,10-11,14,17H,4,7,9,12-13H2,1-3H3/t14-,17+/m0/s1. The summed E-state index contributed by atoms with van der Waals surface area (Å²) >= 11 is 0. The van der Waals surface area contributed by atoms with E-state index in [4.69, 9.17) is 4.42 Å². The number of likely N-dealkylation sites (tertiary alicyclic amines) is 1. The number of pyridine rings is 1. The van der Waals surface area contributed by atoms with Gasteiger partial charge in [0.15, 0.2) is 0 Å². The minimum absolute atomic E-state index is 0.0668. The lowest BCUT2D eigenvalue weighted by Gasteiger charge is -2.29. The Balaban J connectivity index is 1.66. The van der Waals surface area contributed by atoms with Gasteiger partial charge in [-0.3, -0.25) is 14.7 Å². The van der Waals surface area contributed by atoms with Crippen LogP contribution in [0.1, 0.15) is 50.4 Å². The number of amides is 1. The van der Waals surface area contributed by atoms with E-state index in [0.29, 0.717) is 18.5 Å². The zero-order valence-corrected chi connectivity index (χ0v) is 15.2. The summed E-state index contributed by atoms with van der Waals surface area (Å²) < 4.78 is 5.69. The van der Waals surface area contributed by atoms with Crippen molar-refractivity contribution in [2.45, 2.75) is 52.2 Å². The number of rotatable bonds is 6. The molecule has 1 aliphatic rings. The van der Waals surface area contributed by atoms with Crippen molar-refractivity contribution in [1.29, 1.82) is 0 Å². The molecule has 1 fully saturated rings. The minimum Gasteiger partial charge on any atom is -0.444 e. The topological polar surface area (TPSA) is 62.5 Å². The van der Waals surface area contributed by atoms with E-state index >= 15 is 0 Å². The Hall–Kier alpha value is -2.21. The van der Waals surface area contributed by atoms with Gasteiger partial charge >= 0.3 is 0 Å². The van der Waals surface area contributed by atoms with Crippen molar-refractivity contribution in [2.24, 2.45) is 0 Å². The molecule has 25 heavy (non-hydrogen) atoms. The van der Waals surface area contributed by atoms with E-state index in [2.05, 4.69) is 27.9 Å². The van der Waals surface area contributed by atoms with Crippen molar-refractivity contribution < 1.29 is 9.21 Å². The fourth-order valence-corrected chi connectivity index (χ4v) is 3.44. The highest BCUT2D eigenvalue weighted by molar-refractivity contribution is 5.73. The van der Waals surface area contributed by atoms with Crippen LogP contribution in [0.4, 0.5) is 0 Å². The third-order valence-electron chi connectivity index (χ3n) is 5.01. The Morgan fingerprint density at radius 2 is 2.32 bits per heavy atom. The second-order valence-electron chi connectivity index (χ2n) is 6.62. The van der Waals surface area contributed by atoms with Crippen LogP contribution in [0.25, 0.3) is 0 Å². The van der Waals surface area contributed by atoms with Crippen LogP contribution in [0.5, 0.6) is 0 Å². The molecular formula is C19H26N4O2. The predicted molar refractivity (Wildman–Crippen MR) is 94.7 cm³/mol. The molecule has 0 spiro atoms. The summed E-state index contributed by atoms with van der Waals surface area (Å²) in [5.74, 6) is 1.54. The molecule has 0 saturated carbocycles. The second-order valence-corrected chi connectivity index (χ2v) is 6.62. The number of carbonyl (C=O) groups excluding carboxylic acids is 1. The smallest absolute Gasteiger partial charge is 0.220 e. The molecule has 0 bridgehead atoms. The van der Waals surface area contributed by atoms with Crippen LogP contribution in [0, 0.1) is 0 Å². The molecule has 0 unspecified atom stereocenters. The van der Waals surface area contributed by atoms with E-state index in [0.717, 1.165) is 31.7 Å². The summed E-state index contributed by atoms with van der Waals surface area (Å²) in [6.45, 7) is 8.11. The van der Waals surface area contributed by atoms with E-state index in [1.54, 1.807) is 19.3 Å². The van der Waals surface area contributed by atoms with E-state index in [1.807, 2.05) is 24.1 Å². The van der Waals surface area contributed by atoms with Crippen molar-refractivity contribution >= 4 is 5.91 Å². The molecule has 0 N–H and O–H groups in total. The van der Waals surface area contributed by atoms with Crippen molar-refractivity contribution in [3.05, 3.63) is 47.9 Å². The van der Waals surface area contributed by atoms with Gasteiger partial charge in [-0.1, -0.05) is 13.0 Å². The van der Waals surface area contributed by atoms with Crippen LogP contribution in [0.15, 0.2) is 35.1 Å². The van der Waals surface area contributed by atoms with Crippen LogP contribution in [0.3, 0.4) is 0 Å². The van der Waals surface area contributed by atoms with Gasteiger partial charge in [-0.15, -0.1) is 0 Å². The van der Waals surface area contributed by atoms with E-state index < -0.39 is 0 Å². The number of oxazole rings is 1. The molecular weight excluding hydrogens is 316 g/mol. The summed E-state index contributed by atoms with van der Waals surface area (Å²) in [6.07, 6.45) is 7.23. The van der Waals surface area contributed by atoms with E-state index in [1.165, 1.54) is 5.56 Å².